The molecule has 0 radical (unpaired) electrons. The van der Waals surface area contributed by atoms with Crippen LogP contribution in [0.25, 0.3) is 0 Å². The molecule has 1 aliphatic rings. The molecule has 1 amide bonds. The van der Waals surface area contributed by atoms with Crippen LogP contribution in [0.3, 0.4) is 0 Å². The lowest BCUT2D eigenvalue weighted by molar-refractivity contribution is -0.120. The molecule has 1 aliphatic heterocycles. The van der Waals surface area contributed by atoms with Crippen LogP contribution in [0.4, 0.5) is 11.6 Å². The molecule has 3 aromatic rings. The second kappa shape index (κ2) is 11.8. The van der Waals surface area contributed by atoms with Crippen LogP contribution >= 0.6 is 0 Å². The maximum absolute atomic E-state index is 12.7. The van der Waals surface area contributed by atoms with Crippen LogP contribution in [0, 0.1) is 5.92 Å². The quantitative estimate of drug-likeness (QED) is 0.401. The Morgan fingerprint density at radius 1 is 0.892 bits per heavy atom. The van der Waals surface area contributed by atoms with Crippen molar-refractivity contribution in [3.63, 3.8) is 0 Å². The van der Waals surface area contributed by atoms with E-state index >= 15 is 0 Å². The fourth-order valence-corrected chi connectivity index (χ4v) is 6.61. The number of rotatable bonds is 10. The van der Waals surface area contributed by atoms with Gasteiger partial charge in [0, 0.05) is 37.1 Å². The van der Waals surface area contributed by atoms with Crippen molar-refractivity contribution < 1.29 is 21.6 Å². The van der Waals surface area contributed by atoms with Crippen LogP contribution in [0.2, 0.25) is 0 Å². The van der Waals surface area contributed by atoms with Gasteiger partial charge in [-0.05, 0) is 61.6 Å². The van der Waals surface area contributed by atoms with E-state index in [1.54, 1.807) is 6.07 Å². The fraction of sp³-hybridized carbons (Fsp3) is 0.320. The van der Waals surface area contributed by atoms with Gasteiger partial charge in [0.25, 0.3) is 10.0 Å². The van der Waals surface area contributed by atoms with Crippen molar-refractivity contribution >= 4 is 37.6 Å². The summed E-state index contributed by atoms with van der Waals surface area (Å²) in [5.41, 5.74) is 1.57. The Labute approximate surface area is 217 Å². The van der Waals surface area contributed by atoms with Crippen LogP contribution in [-0.2, 0) is 31.3 Å². The highest BCUT2D eigenvalue weighted by Crippen LogP contribution is 2.23. The summed E-state index contributed by atoms with van der Waals surface area (Å²) >= 11 is 0. The van der Waals surface area contributed by atoms with Crippen molar-refractivity contribution in [2.45, 2.75) is 30.6 Å². The molecule has 0 spiro atoms. The van der Waals surface area contributed by atoms with E-state index in [0.29, 0.717) is 44.5 Å². The Bertz CT molecular complexity index is 1390. The first kappa shape index (κ1) is 26.7. The summed E-state index contributed by atoms with van der Waals surface area (Å²) in [5, 5.41) is 2.80. The van der Waals surface area contributed by atoms with Crippen molar-refractivity contribution in [3.8, 4) is 0 Å². The highest BCUT2D eigenvalue weighted by Gasteiger charge is 2.31. The lowest BCUT2D eigenvalue weighted by atomic mass is 9.97. The van der Waals surface area contributed by atoms with Gasteiger partial charge in [0.05, 0.1) is 10.6 Å². The Kier molecular flexibility index (Phi) is 8.52. The van der Waals surface area contributed by atoms with Crippen molar-refractivity contribution in [2.75, 3.05) is 28.9 Å². The predicted octanol–water partition coefficient (Wildman–Crippen LogP) is 2.89. The summed E-state index contributed by atoms with van der Waals surface area (Å²) < 4.78 is 54.2. The molecule has 4 rings (SSSR count). The number of benzene rings is 2. The molecule has 2 heterocycles. The van der Waals surface area contributed by atoms with E-state index in [-0.39, 0.29) is 28.4 Å². The van der Waals surface area contributed by atoms with Gasteiger partial charge in [-0.15, -0.1) is 0 Å². The van der Waals surface area contributed by atoms with E-state index in [2.05, 4.69) is 20.0 Å². The first-order valence-corrected chi connectivity index (χ1v) is 15.0. The minimum atomic E-state index is -3.87. The van der Waals surface area contributed by atoms with Crippen LogP contribution in [0.5, 0.6) is 0 Å². The molecular weight excluding hydrogens is 514 g/mol. The maximum atomic E-state index is 12.7. The van der Waals surface area contributed by atoms with Gasteiger partial charge < -0.3 is 5.32 Å². The van der Waals surface area contributed by atoms with Crippen LogP contribution < -0.4 is 10.0 Å². The molecule has 1 fully saturated rings. The number of piperidine rings is 1. The van der Waals surface area contributed by atoms with Crippen molar-refractivity contribution in [1.29, 1.82) is 0 Å². The summed E-state index contributed by atoms with van der Waals surface area (Å²) in [6.45, 7) is 0.604. The monoisotopic (exact) mass is 543 g/mol. The molecule has 37 heavy (non-hydrogen) atoms. The molecule has 0 unspecified atom stereocenters. The molecule has 10 nitrogen and oxygen atoms in total. The maximum Gasteiger partial charge on any atom is 0.264 e. The van der Waals surface area contributed by atoms with Crippen LogP contribution in [-0.4, -0.2) is 55.9 Å². The Hall–Kier alpha value is -3.35. The van der Waals surface area contributed by atoms with Gasteiger partial charge in [-0.2, -0.15) is 0 Å². The number of aryl methyl sites for hydroxylation is 1. The van der Waals surface area contributed by atoms with E-state index in [1.165, 1.54) is 41.0 Å². The summed E-state index contributed by atoms with van der Waals surface area (Å²) in [5.74, 6) is -0.493. The lowest BCUT2D eigenvalue weighted by Crippen LogP contribution is -2.42. The minimum Gasteiger partial charge on any atom is -0.326 e. The summed E-state index contributed by atoms with van der Waals surface area (Å²) in [6.07, 6.45) is 4.96. The number of sulfonamides is 2. The van der Waals surface area contributed by atoms with Crippen molar-refractivity contribution in [3.05, 3.63) is 78.6 Å². The smallest absolute Gasteiger partial charge is 0.264 e. The minimum absolute atomic E-state index is 0.00345. The van der Waals surface area contributed by atoms with Gasteiger partial charge in [-0.3, -0.25) is 4.79 Å². The number of carbonyl (C=O) groups is 1. The van der Waals surface area contributed by atoms with Gasteiger partial charge >= 0.3 is 0 Å². The third-order valence-corrected chi connectivity index (χ3v) is 9.45. The zero-order valence-electron chi connectivity index (χ0n) is 20.2. The number of anilines is 2. The number of aromatic nitrogens is 2. The molecule has 1 saturated heterocycles. The topological polar surface area (TPSA) is 138 Å². The zero-order valence-corrected chi connectivity index (χ0v) is 21.8. The second-order valence-electron chi connectivity index (χ2n) is 8.77. The molecular formula is C25H29N5O5S2. The SMILES string of the molecule is O=C(Nc1ccc(S(=O)(=O)Nc2ncccn2)cc1)C1CCN(S(=O)(=O)CCCc2ccccc2)CC1. The average molecular weight is 544 g/mol. The van der Waals surface area contributed by atoms with Crippen LogP contribution in [0.1, 0.15) is 24.8 Å². The number of hydrogen-bond acceptors (Lipinski definition) is 7. The van der Waals surface area contributed by atoms with Gasteiger partial charge in [-0.25, -0.2) is 35.8 Å². The van der Waals surface area contributed by atoms with Gasteiger partial charge in [0.2, 0.25) is 21.9 Å². The number of nitrogens with one attached hydrogen (secondary N) is 2. The number of nitrogens with zero attached hydrogens (tertiary/aromatic N) is 3. The lowest BCUT2D eigenvalue weighted by Gasteiger charge is -2.30. The Morgan fingerprint density at radius 2 is 1.54 bits per heavy atom. The molecule has 0 bridgehead atoms. The van der Waals surface area contributed by atoms with Crippen molar-refractivity contribution in [2.24, 2.45) is 5.92 Å². The fourth-order valence-electron chi connectivity index (χ4n) is 4.12. The predicted molar refractivity (Wildman–Crippen MR) is 141 cm³/mol. The second-order valence-corrected chi connectivity index (χ2v) is 12.5. The van der Waals surface area contributed by atoms with Gasteiger partial charge in [-0.1, -0.05) is 30.3 Å². The van der Waals surface area contributed by atoms with E-state index in [1.807, 2.05) is 30.3 Å². The van der Waals surface area contributed by atoms with Gasteiger partial charge in [0.1, 0.15) is 0 Å². The molecule has 0 saturated carbocycles. The normalized spacial score (nSPS) is 15.2. The van der Waals surface area contributed by atoms with E-state index in [0.717, 1.165) is 5.56 Å². The number of carbonyl (C=O) groups excluding carboxylic acids is 1. The average Bonchev–Trinajstić information content (AvgIpc) is 2.90. The summed E-state index contributed by atoms with van der Waals surface area (Å²) in [7, 11) is -7.25. The molecule has 0 aliphatic carbocycles. The highest BCUT2D eigenvalue weighted by atomic mass is 32.2. The van der Waals surface area contributed by atoms with E-state index < -0.39 is 20.0 Å². The standard InChI is InChI=1S/C25H29N5O5S2/c31-24(28-22-9-11-23(12-10-22)37(34,35)29-25-26-15-5-16-27-25)21-13-17-30(18-14-21)36(32,33)19-4-8-20-6-2-1-3-7-20/h1-3,5-7,9-12,15-16,21H,4,8,13-14,17-19H2,(H,28,31)(H,26,27,29). The zero-order chi connectivity index (χ0) is 26.3. The first-order valence-electron chi connectivity index (χ1n) is 12.0. The summed E-state index contributed by atoms with van der Waals surface area (Å²) in [4.78, 5) is 20.4. The van der Waals surface area contributed by atoms with Crippen LogP contribution in [0.15, 0.2) is 78.0 Å². The van der Waals surface area contributed by atoms with Gasteiger partial charge in [0.15, 0.2) is 0 Å². The molecule has 0 atom stereocenters. The molecule has 2 N–H and O–H groups in total. The van der Waals surface area contributed by atoms with E-state index in [4.69, 9.17) is 0 Å². The van der Waals surface area contributed by atoms with Crippen molar-refractivity contribution in [1.82, 2.24) is 14.3 Å². The molecule has 196 valence electrons. The largest absolute Gasteiger partial charge is 0.326 e. The number of amides is 1. The molecule has 2 aromatic carbocycles. The molecule has 12 heteroatoms. The Morgan fingerprint density at radius 3 is 2.19 bits per heavy atom. The Balaban J connectivity index is 1.25. The molecule has 1 aromatic heterocycles. The number of hydrogen-bond donors (Lipinski definition) is 2. The third-order valence-electron chi connectivity index (χ3n) is 6.15. The summed E-state index contributed by atoms with van der Waals surface area (Å²) in [6, 6.07) is 17.1. The van der Waals surface area contributed by atoms with E-state index in [9.17, 15) is 21.6 Å². The first-order chi connectivity index (χ1) is 17.7. The third kappa shape index (κ3) is 7.34. The highest BCUT2D eigenvalue weighted by molar-refractivity contribution is 7.92.